The second-order valence-electron chi connectivity index (χ2n) is 2.69. The van der Waals surface area contributed by atoms with Gasteiger partial charge in [0.25, 0.3) is 0 Å². The molecule has 72 valence electrons. The summed E-state index contributed by atoms with van der Waals surface area (Å²) in [5.74, 6) is -2.50. The second kappa shape index (κ2) is 3.80. The maximum Gasteiger partial charge on any atom is 0.311 e. The highest BCUT2D eigenvalue weighted by Gasteiger charge is 2.33. The van der Waals surface area contributed by atoms with Crippen molar-refractivity contribution in [3.05, 3.63) is 11.0 Å². The number of aliphatic carboxylic acids is 1. The first-order chi connectivity index (χ1) is 6.02. The zero-order chi connectivity index (χ0) is 10.0. The van der Waals surface area contributed by atoms with Crippen LogP contribution in [0.15, 0.2) is 11.0 Å². The van der Waals surface area contributed by atoms with Crippen LogP contribution in [0.3, 0.4) is 0 Å². The van der Waals surface area contributed by atoms with Gasteiger partial charge in [0.05, 0.1) is 5.92 Å². The third kappa shape index (κ3) is 2.22. The molecular weight excluding hydrogens is 196 g/mol. The Morgan fingerprint density at radius 2 is 2.31 bits per heavy atom. The average molecular weight is 203 g/mol. The monoisotopic (exact) mass is 203 g/mol. The van der Waals surface area contributed by atoms with E-state index >= 15 is 0 Å². The molecule has 2 atom stereocenters. The van der Waals surface area contributed by atoms with Gasteiger partial charge in [0.2, 0.25) is 0 Å². The summed E-state index contributed by atoms with van der Waals surface area (Å²) >= 11 is -2.51. The predicted molar refractivity (Wildman–Crippen MR) is 42.4 cm³/mol. The largest absolute Gasteiger partial charge is 0.769 e. The van der Waals surface area contributed by atoms with Gasteiger partial charge in [0.15, 0.2) is 5.78 Å². The number of hydrogen-bond donors (Lipinski definition) is 1. The number of carbonyl (C=O) groups excluding carboxylic acids is 1. The molecule has 1 unspecified atom stereocenters. The lowest BCUT2D eigenvalue weighted by atomic mass is 10.1. The van der Waals surface area contributed by atoms with Crippen LogP contribution in [0.1, 0.15) is 12.8 Å². The minimum atomic E-state index is -2.51. The van der Waals surface area contributed by atoms with Crippen LogP contribution >= 0.6 is 0 Å². The first-order valence-corrected chi connectivity index (χ1v) is 4.72. The summed E-state index contributed by atoms with van der Waals surface area (Å²) in [6, 6.07) is 0. The molecule has 0 aliphatic heterocycles. The standard InChI is InChI=1S/C7H8O5S/c8-6-2-1-4(7(9)10)5(6)3-13(11)12/h3-4H,1-2H2,(H,9,10)(H,11,12)/p-1/t4-/m1/s1. The van der Waals surface area contributed by atoms with Gasteiger partial charge in [0.1, 0.15) is 0 Å². The number of carbonyl (C=O) groups is 2. The van der Waals surface area contributed by atoms with Gasteiger partial charge in [-0.25, -0.2) is 0 Å². The molecule has 1 rings (SSSR count). The molecule has 0 heterocycles. The third-order valence-corrected chi connectivity index (χ3v) is 2.33. The highest BCUT2D eigenvalue weighted by Crippen LogP contribution is 2.28. The van der Waals surface area contributed by atoms with Crippen molar-refractivity contribution in [2.24, 2.45) is 5.92 Å². The highest BCUT2D eigenvalue weighted by molar-refractivity contribution is 7.82. The van der Waals surface area contributed by atoms with Crippen LogP contribution < -0.4 is 0 Å². The van der Waals surface area contributed by atoms with Crippen LogP contribution in [0, 0.1) is 5.92 Å². The summed E-state index contributed by atoms with van der Waals surface area (Å²) in [4.78, 5) is 21.6. The number of hydrogen-bond acceptors (Lipinski definition) is 4. The van der Waals surface area contributed by atoms with E-state index in [2.05, 4.69) is 0 Å². The van der Waals surface area contributed by atoms with Gasteiger partial charge >= 0.3 is 5.97 Å². The Balaban J connectivity index is 2.96. The Bertz CT molecular complexity index is 306. The molecule has 0 aromatic heterocycles. The summed E-state index contributed by atoms with van der Waals surface area (Å²) < 4.78 is 20.5. The molecule has 0 bridgehead atoms. The van der Waals surface area contributed by atoms with Crippen molar-refractivity contribution in [3.63, 3.8) is 0 Å². The summed E-state index contributed by atoms with van der Waals surface area (Å²) in [6.45, 7) is 0. The molecule has 13 heavy (non-hydrogen) atoms. The average Bonchev–Trinajstić information content (AvgIpc) is 2.32. The summed E-state index contributed by atoms with van der Waals surface area (Å²) in [6.07, 6.45) is 0.303. The summed E-state index contributed by atoms with van der Waals surface area (Å²) in [5, 5.41) is 9.31. The van der Waals surface area contributed by atoms with E-state index in [9.17, 15) is 18.4 Å². The van der Waals surface area contributed by atoms with E-state index in [4.69, 9.17) is 5.11 Å². The first-order valence-electron chi connectivity index (χ1n) is 3.58. The Kier molecular flexibility index (Phi) is 2.94. The molecule has 1 N–H and O–H groups in total. The molecule has 1 aliphatic rings. The van der Waals surface area contributed by atoms with Crippen molar-refractivity contribution < 1.29 is 23.5 Å². The molecule has 1 saturated carbocycles. The van der Waals surface area contributed by atoms with Gasteiger partial charge in [-0.1, -0.05) is 0 Å². The van der Waals surface area contributed by atoms with Crippen molar-refractivity contribution in [3.8, 4) is 0 Å². The van der Waals surface area contributed by atoms with Crippen molar-refractivity contribution in [1.82, 2.24) is 0 Å². The van der Waals surface area contributed by atoms with Crippen LogP contribution in [-0.4, -0.2) is 25.6 Å². The topological polar surface area (TPSA) is 94.5 Å². The lowest BCUT2D eigenvalue weighted by Crippen LogP contribution is -2.13. The van der Waals surface area contributed by atoms with Gasteiger partial charge < -0.3 is 9.66 Å². The van der Waals surface area contributed by atoms with Crippen molar-refractivity contribution in [2.75, 3.05) is 0 Å². The lowest BCUT2D eigenvalue weighted by Gasteiger charge is -2.05. The normalized spacial score (nSPS) is 27.9. The van der Waals surface area contributed by atoms with E-state index < -0.39 is 28.8 Å². The van der Waals surface area contributed by atoms with Crippen LogP contribution in [0.25, 0.3) is 0 Å². The third-order valence-electron chi connectivity index (χ3n) is 1.88. The minimum Gasteiger partial charge on any atom is -0.769 e. The van der Waals surface area contributed by atoms with E-state index in [1.807, 2.05) is 0 Å². The van der Waals surface area contributed by atoms with Crippen molar-refractivity contribution >= 4 is 22.8 Å². The fraction of sp³-hybridized carbons (Fsp3) is 0.429. The predicted octanol–water partition coefficient (Wildman–Crippen LogP) is -0.187. The molecule has 0 spiro atoms. The summed E-state index contributed by atoms with van der Waals surface area (Å²) in [5.41, 5.74) is -0.110. The van der Waals surface area contributed by atoms with E-state index in [0.29, 0.717) is 5.41 Å². The van der Waals surface area contributed by atoms with Crippen LogP contribution in [-0.2, 0) is 20.7 Å². The zero-order valence-corrected chi connectivity index (χ0v) is 7.37. The Hall–Kier alpha value is -1.01. The number of carboxylic acid groups (broad SMARTS) is 1. The number of Topliss-reactive ketones (excluding diaryl/α,β-unsaturated/α-hetero) is 1. The van der Waals surface area contributed by atoms with Gasteiger partial charge in [-0.2, -0.15) is 0 Å². The fourth-order valence-electron chi connectivity index (χ4n) is 1.28. The molecular formula is C7H7O5S-. The second-order valence-corrected chi connectivity index (χ2v) is 3.44. The number of rotatable bonds is 2. The fourth-order valence-corrected chi connectivity index (χ4v) is 1.78. The van der Waals surface area contributed by atoms with Crippen LogP contribution in [0.2, 0.25) is 0 Å². The summed E-state index contributed by atoms with van der Waals surface area (Å²) in [7, 11) is 0. The zero-order valence-electron chi connectivity index (χ0n) is 6.56. The molecule has 0 saturated heterocycles. The van der Waals surface area contributed by atoms with Crippen molar-refractivity contribution in [1.29, 1.82) is 0 Å². The molecule has 0 aromatic carbocycles. The molecule has 0 aromatic rings. The Morgan fingerprint density at radius 3 is 2.77 bits per heavy atom. The van der Waals surface area contributed by atoms with E-state index in [-0.39, 0.29) is 18.4 Å². The van der Waals surface area contributed by atoms with Gasteiger partial charge in [-0.3, -0.25) is 13.8 Å². The van der Waals surface area contributed by atoms with Gasteiger partial charge in [0, 0.05) is 12.0 Å². The number of carboxylic acids is 1. The Labute approximate surface area is 76.7 Å². The van der Waals surface area contributed by atoms with Crippen LogP contribution in [0.5, 0.6) is 0 Å². The van der Waals surface area contributed by atoms with E-state index in [0.717, 1.165) is 0 Å². The molecule has 0 radical (unpaired) electrons. The molecule has 6 heteroatoms. The van der Waals surface area contributed by atoms with Gasteiger partial charge in [-0.05, 0) is 22.9 Å². The number of ketones is 1. The molecule has 1 fully saturated rings. The van der Waals surface area contributed by atoms with Crippen molar-refractivity contribution in [2.45, 2.75) is 12.8 Å². The molecule has 0 amide bonds. The van der Waals surface area contributed by atoms with E-state index in [1.165, 1.54) is 0 Å². The first kappa shape index (κ1) is 10.1. The smallest absolute Gasteiger partial charge is 0.311 e. The molecule has 1 aliphatic carbocycles. The molecule has 5 nitrogen and oxygen atoms in total. The lowest BCUT2D eigenvalue weighted by molar-refractivity contribution is -0.140. The highest BCUT2D eigenvalue weighted by atomic mass is 32.2. The van der Waals surface area contributed by atoms with Crippen LogP contribution in [0.4, 0.5) is 0 Å². The van der Waals surface area contributed by atoms with Gasteiger partial charge in [-0.15, -0.1) is 0 Å². The van der Waals surface area contributed by atoms with E-state index in [1.54, 1.807) is 0 Å². The maximum atomic E-state index is 11.0. The maximum absolute atomic E-state index is 11.0. The minimum absolute atomic E-state index is 0.110. The SMILES string of the molecule is O=C1CC[C@@H](C(=O)O)C1=CS(=O)[O-]. The Morgan fingerprint density at radius 1 is 1.69 bits per heavy atom. The quantitative estimate of drug-likeness (QED) is 0.496.